The highest BCUT2D eigenvalue weighted by atomic mass is 32.2. The Hall–Kier alpha value is -2.01. The molecule has 0 aliphatic rings. The molecule has 18 heavy (non-hydrogen) atoms. The van der Waals surface area contributed by atoms with E-state index in [1.807, 2.05) is 0 Å². The number of sulfonamides is 1. The minimum atomic E-state index is -3.60. The number of benzene rings is 2. The molecule has 0 aromatic heterocycles. The van der Waals surface area contributed by atoms with Crippen molar-refractivity contribution in [2.75, 3.05) is 11.8 Å². The van der Waals surface area contributed by atoms with E-state index < -0.39 is 10.0 Å². The molecule has 2 aromatic rings. The van der Waals surface area contributed by atoms with Crippen molar-refractivity contribution < 1.29 is 13.2 Å². The van der Waals surface area contributed by atoms with Crippen molar-refractivity contribution in [3.8, 4) is 5.75 Å². The van der Waals surface area contributed by atoms with Crippen LogP contribution >= 0.6 is 0 Å². The minimum Gasteiger partial charge on any atom is -0.495 e. The van der Waals surface area contributed by atoms with Crippen LogP contribution in [0.25, 0.3) is 0 Å². The van der Waals surface area contributed by atoms with Crippen molar-refractivity contribution in [1.29, 1.82) is 0 Å². The molecule has 0 atom stereocenters. The highest BCUT2D eigenvalue weighted by Crippen LogP contribution is 2.25. The van der Waals surface area contributed by atoms with Crippen molar-refractivity contribution in [3.05, 3.63) is 54.6 Å². The van der Waals surface area contributed by atoms with Gasteiger partial charge in [-0.3, -0.25) is 4.72 Å². The van der Waals surface area contributed by atoms with Crippen molar-refractivity contribution in [2.24, 2.45) is 0 Å². The van der Waals surface area contributed by atoms with Gasteiger partial charge in [0.1, 0.15) is 5.75 Å². The summed E-state index contributed by atoms with van der Waals surface area (Å²) >= 11 is 0. The van der Waals surface area contributed by atoms with Gasteiger partial charge in [-0.1, -0.05) is 24.3 Å². The molecule has 5 heteroatoms. The Labute approximate surface area is 106 Å². The van der Waals surface area contributed by atoms with Crippen LogP contribution in [0.5, 0.6) is 5.75 Å². The summed E-state index contributed by atoms with van der Waals surface area (Å²) in [7, 11) is -2.11. The fourth-order valence-corrected chi connectivity index (χ4v) is 2.56. The molecule has 0 aliphatic heterocycles. The minimum absolute atomic E-state index is 0.205. The molecular formula is C13H12NO3S. The maximum atomic E-state index is 12.1. The molecular weight excluding hydrogens is 250 g/mol. The molecule has 0 fully saturated rings. The summed E-state index contributed by atoms with van der Waals surface area (Å²) in [5, 5.41) is 0. The lowest BCUT2D eigenvalue weighted by molar-refractivity contribution is 0.417. The zero-order valence-corrected chi connectivity index (χ0v) is 10.6. The fraction of sp³-hybridized carbons (Fsp3) is 0.0769. The van der Waals surface area contributed by atoms with Gasteiger partial charge in [0.05, 0.1) is 17.7 Å². The number of nitrogens with one attached hydrogen (secondary N) is 1. The van der Waals surface area contributed by atoms with Gasteiger partial charge in [0.2, 0.25) is 0 Å². The summed E-state index contributed by atoms with van der Waals surface area (Å²) < 4.78 is 31.7. The summed E-state index contributed by atoms with van der Waals surface area (Å²) in [4.78, 5) is 0.205. The number of ether oxygens (including phenoxy) is 1. The van der Waals surface area contributed by atoms with Crippen LogP contribution in [0.2, 0.25) is 0 Å². The second-order valence-corrected chi connectivity index (χ2v) is 5.23. The van der Waals surface area contributed by atoms with Gasteiger partial charge in [-0.2, -0.15) is 0 Å². The third kappa shape index (κ3) is 2.62. The molecule has 2 rings (SSSR count). The van der Waals surface area contributed by atoms with Crippen LogP contribution in [0, 0.1) is 6.07 Å². The zero-order valence-electron chi connectivity index (χ0n) is 9.75. The molecule has 4 nitrogen and oxygen atoms in total. The lowest BCUT2D eigenvalue weighted by Crippen LogP contribution is -2.13. The lowest BCUT2D eigenvalue weighted by Gasteiger charge is -2.11. The Morgan fingerprint density at radius 3 is 2.56 bits per heavy atom. The second-order valence-electron chi connectivity index (χ2n) is 3.54. The zero-order chi connectivity index (χ0) is 13.0. The normalized spacial score (nSPS) is 10.9. The molecule has 0 spiro atoms. The van der Waals surface area contributed by atoms with Crippen molar-refractivity contribution in [2.45, 2.75) is 4.90 Å². The first kappa shape index (κ1) is 12.4. The number of methoxy groups -OCH3 is 1. The molecule has 0 heterocycles. The second kappa shape index (κ2) is 5.10. The summed E-state index contributed by atoms with van der Waals surface area (Å²) in [6.45, 7) is 0. The summed E-state index contributed by atoms with van der Waals surface area (Å²) in [6.07, 6.45) is 0. The van der Waals surface area contributed by atoms with E-state index in [4.69, 9.17) is 4.74 Å². The molecule has 93 valence electrons. The highest BCUT2D eigenvalue weighted by molar-refractivity contribution is 7.92. The number of rotatable bonds is 4. The maximum Gasteiger partial charge on any atom is 0.262 e. The Balaban J connectivity index is 2.34. The smallest absolute Gasteiger partial charge is 0.262 e. The first-order valence-corrected chi connectivity index (χ1v) is 6.74. The van der Waals surface area contributed by atoms with Crippen molar-refractivity contribution in [1.82, 2.24) is 0 Å². The number of hydrogen-bond donors (Lipinski definition) is 1. The van der Waals surface area contributed by atoms with Crippen LogP contribution in [0.3, 0.4) is 0 Å². The highest BCUT2D eigenvalue weighted by Gasteiger charge is 2.15. The third-order valence-corrected chi connectivity index (χ3v) is 3.72. The monoisotopic (exact) mass is 262 g/mol. The van der Waals surface area contributed by atoms with Crippen LogP contribution < -0.4 is 9.46 Å². The molecule has 0 saturated heterocycles. The Morgan fingerprint density at radius 1 is 1.17 bits per heavy atom. The van der Waals surface area contributed by atoms with E-state index in [0.717, 1.165) is 0 Å². The van der Waals surface area contributed by atoms with Crippen LogP contribution in [-0.4, -0.2) is 15.5 Å². The standard InChI is InChI=1S/C13H12NO3S/c1-17-13-10-6-5-9-12(13)14-18(15,16)11-7-3-2-4-8-11/h2-4,6-10,14H,1H3. The molecule has 0 amide bonds. The van der Waals surface area contributed by atoms with Gasteiger partial charge in [-0.25, -0.2) is 8.42 Å². The third-order valence-electron chi connectivity index (χ3n) is 2.34. The summed E-state index contributed by atoms with van der Waals surface area (Å²) in [6, 6.07) is 15.8. The molecule has 0 unspecified atom stereocenters. The molecule has 0 saturated carbocycles. The van der Waals surface area contributed by atoms with Gasteiger partial charge in [0, 0.05) is 0 Å². The van der Waals surface area contributed by atoms with Crippen LogP contribution in [0.4, 0.5) is 5.69 Å². The van der Waals surface area contributed by atoms with Crippen molar-refractivity contribution in [3.63, 3.8) is 0 Å². The number of anilines is 1. The molecule has 2 aromatic carbocycles. The predicted octanol–water partition coefficient (Wildman–Crippen LogP) is 2.30. The van der Waals surface area contributed by atoms with Gasteiger partial charge in [-0.05, 0) is 30.3 Å². The van der Waals surface area contributed by atoms with E-state index in [-0.39, 0.29) is 4.90 Å². The Kier molecular flexibility index (Phi) is 3.53. The van der Waals surface area contributed by atoms with E-state index >= 15 is 0 Å². The molecule has 1 radical (unpaired) electrons. The topological polar surface area (TPSA) is 55.4 Å². The first-order valence-electron chi connectivity index (χ1n) is 5.25. The van der Waals surface area contributed by atoms with E-state index in [2.05, 4.69) is 10.8 Å². The average molecular weight is 262 g/mol. The molecule has 0 aliphatic carbocycles. The van der Waals surface area contributed by atoms with Crippen LogP contribution in [0.1, 0.15) is 0 Å². The molecule has 0 bridgehead atoms. The summed E-state index contributed by atoms with van der Waals surface area (Å²) in [5.74, 6) is 0.452. The van der Waals surface area contributed by atoms with E-state index in [9.17, 15) is 8.42 Å². The number of hydrogen-bond acceptors (Lipinski definition) is 3. The van der Waals surface area contributed by atoms with E-state index in [1.54, 1.807) is 30.3 Å². The Bertz CT molecular complexity index is 624. The van der Waals surface area contributed by atoms with Crippen molar-refractivity contribution >= 4 is 15.7 Å². The predicted molar refractivity (Wildman–Crippen MR) is 69.1 cm³/mol. The summed E-state index contributed by atoms with van der Waals surface area (Å²) in [5.41, 5.74) is 0.365. The van der Waals surface area contributed by atoms with Gasteiger partial charge in [0.25, 0.3) is 10.0 Å². The Morgan fingerprint density at radius 2 is 1.89 bits per heavy atom. The average Bonchev–Trinajstić information content (AvgIpc) is 2.40. The van der Waals surface area contributed by atoms with Gasteiger partial charge in [-0.15, -0.1) is 0 Å². The van der Waals surface area contributed by atoms with Gasteiger partial charge < -0.3 is 4.74 Å². The van der Waals surface area contributed by atoms with E-state index in [1.165, 1.54) is 25.3 Å². The SMILES string of the molecule is COc1cc[c]cc1NS(=O)(=O)c1ccccc1. The fourth-order valence-electron chi connectivity index (χ4n) is 1.48. The van der Waals surface area contributed by atoms with Crippen LogP contribution in [0.15, 0.2) is 53.4 Å². The van der Waals surface area contributed by atoms with Gasteiger partial charge in [0.15, 0.2) is 0 Å². The van der Waals surface area contributed by atoms with Gasteiger partial charge >= 0.3 is 0 Å². The lowest BCUT2D eigenvalue weighted by atomic mass is 10.3. The largest absolute Gasteiger partial charge is 0.495 e. The maximum absolute atomic E-state index is 12.1. The van der Waals surface area contributed by atoms with E-state index in [0.29, 0.717) is 11.4 Å². The first-order chi connectivity index (χ1) is 8.63. The quantitative estimate of drug-likeness (QED) is 0.919. The molecule has 1 N–H and O–H groups in total. The van der Waals surface area contributed by atoms with Crippen LogP contribution in [-0.2, 0) is 10.0 Å².